The van der Waals surface area contributed by atoms with Gasteiger partial charge in [-0.2, -0.15) is 0 Å². The highest BCUT2D eigenvalue weighted by Gasteiger charge is 2.15. The number of hydrogen-bond donors (Lipinski definition) is 2. The highest BCUT2D eigenvalue weighted by molar-refractivity contribution is 6.29. The lowest BCUT2D eigenvalue weighted by molar-refractivity contribution is 0.913. The van der Waals surface area contributed by atoms with Crippen LogP contribution in [0.1, 0.15) is 17.2 Å². The van der Waals surface area contributed by atoms with Crippen molar-refractivity contribution < 1.29 is 0 Å². The van der Waals surface area contributed by atoms with Gasteiger partial charge in [0.1, 0.15) is 5.15 Å². The Bertz CT molecular complexity index is 848. The van der Waals surface area contributed by atoms with E-state index in [2.05, 4.69) is 20.3 Å². The summed E-state index contributed by atoms with van der Waals surface area (Å²) in [5, 5.41) is 3.48. The van der Waals surface area contributed by atoms with Crippen LogP contribution in [0, 0.1) is 0 Å². The molecule has 1 atom stereocenters. The van der Waals surface area contributed by atoms with Crippen LogP contribution >= 0.6 is 11.6 Å². The molecule has 0 fully saturated rings. The molecule has 0 aliphatic heterocycles. The molecule has 0 saturated carbocycles. The predicted molar refractivity (Wildman–Crippen MR) is 92.8 cm³/mol. The average Bonchev–Trinajstić information content (AvgIpc) is 2.59. The maximum Gasteiger partial charge on any atom is 0.129 e. The number of nitrogens with two attached hydrogens (primary N) is 1. The third-order valence-electron chi connectivity index (χ3n) is 3.54. The summed E-state index contributed by atoms with van der Waals surface area (Å²) in [4.78, 5) is 12.8. The Balaban J connectivity index is 2.06. The normalized spacial score (nSPS) is 13.1. The first-order valence-electron chi connectivity index (χ1n) is 7.14. The molecule has 0 bridgehead atoms. The number of pyridine rings is 3. The minimum atomic E-state index is -0.302. The summed E-state index contributed by atoms with van der Waals surface area (Å²) in [6.45, 7) is 0. The Morgan fingerprint density at radius 1 is 1.22 bits per heavy atom. The standard InChI is InChI=1S/C17H16ClN5/c1-20-10-13(17(19)11-4-6-21-7-5-11)12-8-15-14(22-9-12)2-3-16(18)23-15/h2-10,17,20H,19H2,1H3/b13-10-. The van der Waals surface area contributed by atoms with E-state index in [1.54, 1.807) is 24.7 Å². The molecule has 116 valence electrons. The lowest BCUT2D eigenvalue weighted by atomic mass is 9.95. The van der Waals surface area contributed by atoms with Gasteiger partial charge in [0.25, 0.3) is 0 Å². The van der Waals surface area contributed by atoms with Crippen LogP contribution in [-0.2, 0) is 0 Å². The molecule has 0 saturated heterocycles. The van der Waals surface area contributed by atoms with E-state index >= 15 is 0 Å². The highest BCUT2D eigenvalue weighted by atomic mass is 35.5. The molecule has 0 aliphatic carbocycles. The lowest BCUT2D eigenvalue weighted by Crippen LogP contribution is -2.15. The monoisotopic (exact) mass is 325 g/mol. The van der Waals surface area contributed by atoms with Crippen LogP contribution in [0.15, 0.2) is 55.1 Å². The van der Waals surface area contributed by atoms with Crippen molar-refractivity contribution in [3.05, 3.63) is 71.4 Å². The van der Waals surface area contributed by atoms with Gasteiger partial charge in [0.2, 0.25) is 0 Å². The summed E-state index contributed by atoms with van der Waals surface area (Å²) < 4.78 is 0. The highest BCUT2D eigenvalue weighted by Crippen LogP contribution is 2.28. The molecule has 3 N–H and O–H groups in total. The molecular formula is C17H16ClN5. The van der Waals surface area contributed by atoms with Gasteiger partial charge in [0.05, 0.1) is 17.1 Å². The predicted octanol–water partition coefficient (Wildman–Crippen LogP) is 2.94. The van der Waals surface area contributed by atoms with E-state index in [-0.39, 0.29) is 6.04 Å². The molecule has 5 nitrogen and oxygen atoms in total. The third kappa shape index (κ3) is 3.31. The average molecular weight is 326 g/mol. The first kappa shape index (κ1) is 15.4. The van der Waals surface area contributed by atoms with Crippen molar-refractivity contribution in [3.8, 4) is 0 Å². The van der Waals surface area contributed by atoms with E-state index in [0.717, 1.165) is 27.7 Å². The van der Waals surface area contributed by atoms with E-state index in [4.69, 9.17) is 17.3 Å². The Hall–Kier alpha value is -2.50. The van der Waals surface area contributed by atoms with Crippen LogP contribution in [0.2, 0.25) is 5.15 Å². The van der Waals surface area contributed by atoms with Crippen molar-refractivity contribution in [3.63, 3.8) is 0 Å². The molecule has 0 radical (unpaired) electrons. The zero-order chi connectivity index (χ0) is 16.2. The first-order valence-corrected chi connectivity index (χ1v) is 7.52. The zero-order valence-electron chi connectivity index (χ0n) is 12.6. The minimum Gasteiger partial charge on any atom is -0.394 e. The van der Waals surface area contributed by atoms with Crippen molar-refractivity contribution in [2.24, 2.45) is 5.73 Å². The second-order valence-electron chi connectivity index (χ2n) is 5.04. The molecule has 0 amide bonds. The van der Waals surface area contributed by atoms with Crippen LogP contribution < -0.4 is 11.1 Å². The van der Waals surface area contributed by atoms with Crippen LogP contribution in [0.25, 0.3) is 16.6 Å². The number of nitrogens with one attached hydrogen (secondary N) is 1. The van der Waals surface area contributed by atoms with Crippen molar-refractivity contribution in [1.82, 2.24) is 20.3 Å². The van der Waals surface area contributed by atoms with Crippen molar-refractivity contribution >= 4 is 28.2 Å². The minimum absolute atomic E-state index is 0.302. The van der Waals surface area contributed by atoms with Crippen LogP contribution in [0.4, 0.5) is 0 Å². The lowest BCUT2D eigenvalue weighted by Gasteiger charge is -2.17. The van der Waals surface area contributed by atoms with Crippen molar-refractivity contribution in [2.75, 3.05) is 7.05 Å². The number of fused-ring (bicyclic) bond motifs is 1. The number of aromatic nitrogens is 3. The van der Waals surface area contributed by atoms with Crippen LogP contribution in [0.5, 0.6) is 0 Å². The van der Waals surface area contributed by atoms with E-state index in [1.807, 2.05) is 37.5 Å². The molecule has 6 heteroatoms. The summed E-state index contributed by atoms with van der Waals surface area (Å²) in [6.07, 6.45) is 7.12. The summed E-state index contributed by atoms with van der Waals surface area (Å²) in [6, 6.07) is 9.01. The summed E-state index contributed by atoms with van der Waals surface area (Å²) >= 11 is 5.97. The van der Waals surface area contributed by atoms with Crippen LogP contribution in [0.3, 0.4) is 0 Å². The summed E-state index contributed by atoms with van der Waals surface area (Å²) in [7, 11) is 1.84. The summed E-state index contributed by atoms with van der Waals surface area (Å²) in [5.74, 6) is 0. The number of halogens is 1. The van der Waals surface area contributed by atoms with Gasteiger partial charge in [-0.15, -0.1) is 0 Å². The molecule has 3 aromatic heterocycles. The van der Waals surface area contributed by atoms with Crippen molar-refractivity contribution in [1.29, 1.82) is 0 Å². The quantitative estimate of drug-likeness (QED) is 0.721. The SMILES string of the molecule is CN/C=C(/c1cnc2ccc(Cl)nc2c1)C(N)c1ccncc1. The van der Waals surface area contributed by atoms with Crippen molar-refractivity contribution in [2.45, 2.75) is 6.04 Å². The maximum absolute atomic E-state index is 6.42. The van der Waals surface area contributed by atoms with Gasteiger partial charge in [-0.3, -0.25) is 9.97 Å². The molecule has 3 aromatic rings. The van der Waals surface area contributed by atoms with Gasteiger partial charge in [-0.25, -0.2) is 4.98 Å². The van der Waals surface area contributed by atoms with Gasteiger partial charge < -0.3 is 11.1 Å². The fraction of sp³-hybridized carbons (Fsp3) is 0.118. The molecule has 0 spiro atoms. The largest absolute Gasteiger partial charge is 0.394 e. The molecule has 1 unspecified atom stereocenters. The van der Waals surface area contributed by atoms with E-state index in [1.165, 1.54) is 0 Å². The molecule has 0 aliphatic rings. The molecule has 23 heavy (non-hydrogen) atoms. The second kappa shape index (κ2) is 6.73. The molecule has 3 rings (SSSR count). The first-order chi connectivity index (χ1) is 11.2. The molecule has 3 heterocycles. The topological polar surface area (TPSA) is 76.7 Å². The smallest absolute Gasteiger partial charge is 0.129 e. The van der Waals surface area contributed by atoms with E-state index in [0.29, 0.717) is 5.15 Å². The third-order valence-corrected chi connectivity index (χ3v) is 3.75. The van der Waals surface area contributed by atoms with Gasteiger partial charge in [0.15, 0.2) is 0 Å². The Morgan fingerprint density at radius 2 is 2.00 bits per heavy atom. The molecular weight excluding hydrogens is 310 g/mol. The van der Waals surface area contributed by atoms with E-state index in [9.17, 15) is 0 Å². The number of hydrogen-bond acceptors (Lipinski definition) is 5. The zero-order valence-corrected chi connectivity index (χ0v) is 13.3. The van der Waals surface area contributed by atoms with Gasteiger partial charge >= 0.3 is 0 Å². The Morgan fingerprint density at radius 3 is 2.74 bits per heavy atom. The fourth-order valence-electron chi connectivity index (χ4n) is 2.40. The Kier molecular flexibility index (Phi) is 4.50. The van der Waals surface area contributed by atoms with Gasteiger partial charge in [-0.1, -0.05) is 11.6 Å². The Labute approximate surface area is 139 Å². The van der Waals surface area contributed by atoms with Crippen LogP contribution in [-0.4, -0.2) is 22.0 Å². The fourth-order valence-corrected chi connectivity index (χ4v) is 2.55. The second-order valence-corrected chi connectivity index (χ2v) is 5.43. The number of nitrogens with zero attached hydrogens (tertiary/aromatic N) is 3. The maximum atomic E-state index is 6.42. The van der Waals surface area contributed by atoms with Gasteiger partial charge in [-0.05, 0) is 41.5 Å². The van der Waals surface area contributed by atoms with E-state index < -0.39 is 0 Å². The number of rotatable bonds is 4. The summed E-state index contributed by atoms with van der Waals surface area (Å²) in [5.41, 5.74) is 10.7. The molecule has 0 aromatic carbocycles. The van der Waals surface area contributed by atoms with Gasteiger partial charge in [0, 0.05) is 37.4 Å².